The normalized spacial score (nSPS) is 22.0. The molecule has 2 fully saturated rings. The number of nitrogens with zero attached hydrogens (tertiary/aromatic N) is 2. The Morgan fingerprint density at radius 1 is 0.780 bits per heavy atom. The molecule has 0 bridgehead atoms. The summed E-state index contributed by atoms with van der Waals surface area (Å²) in [5.74, 6) is -2.86. The molecule has 5 rings (SSSR count). The number of Topliss-reactive ketones (excluding diaryl/α,β-unsaturated/α-hetero) is 2. The first-order valence-corrected chi connectivity index (χ1v) is 14.5. The van der Waals surface area contributed by atoms with E-state index < -0.39 is 29.4 Å². The van der Waals surface area contributed by atoms with Crippen molar-refractivity contribution < 1.29 is 23.1 Å². The van der Waals surface area contributed by atoms with Gasteiger partial charge in [-0.3, -0.25) is 14.5 Å². The van der Waals surface area contributed by atoms with Crippen LogP contribution >= 0.6 is 0 Å². The van der Waals surface area contributed by atoms with Crippen LogP contribution in [0.2, 0.25) is 0 Å². The van der Waals surface area contributed by atoms with Crippen molar-refractivity contribution in [3.8, 4) is 0 Å². The minimum Gasteiger partial charge on any atom is -0.379 e. The van der Waals surface area contributed by atoms with Crippen molar-refractivity contribution in [2.24, 2.45) is 11.8 Å². The topological polar surface area (TPSA) is 49.9 Å². The van der Waals surface area contributed by atoms with Crippen molar-refractivity contribution >= 4 is 11.6 Å². The van der Waals surface area contributed by atoms with E-state index in [1.54, 1.807) is 24.3 Å². The van der Waals surface area contributed by atoms with Crippen LogP contribution < -0.4 is 0 Å². The van der Waals surface area contributed by atoms with Crippen molar-refractivity contribution in [3.63, 3.8) is 0 Å². The Labute approximate surface area is 241 Å². The van der Waals surface area contributed by atoms with Gasteiger partial charge >= 0.3 is 0 Å². The minimum atomic E-state index is -0.572. The zero-order chi connectivity index (χ0) is 28.9. The molecule has 2 aliphatic heterocycles. The number of likely N-dealkylation sites (tertiary alicyclic amines) is 1. The van der Waals surface area contributed by atoms with Gasteiger partial charge in [0.05, 0.1) is 13.2 Å². The highest BCUT2D eigenvalue weighted by Gasteiger charge is 2.45. The summed E-state index contributed by atoms with van der Waals surface area (Å²) in [5, 5.41) is 0. The first-order valence-electron chi connectivity index (χ1n) is 14.5. The number of carbonyl (C=O) groups excluding carboxylic acids is 2. The zero-order valence-corrected chi connectivity index (χ0v) is 23.8. The van der Waals surface area contributed by atoms with Crippen LogP contribution in [-0.4, -0.2) is 73.8 Å². The first kappa shape index (κ1) is 29.2. The number of piperidine rings is 1. The molecule has 0 N–H and O–H groups in total. The van der Waals surface area contributed by atoms with E-state index in [1.807, 2.05) is 32.0 Å². The van der Waals surface area contributed by atoms with E-state index in [0.717, 1.165) is 62.5 Å². The molecule has 3 aromatic carbocycles. The quantitative estimate of drug-likeness (QED) is 0.314. The van der Waals surface area contributed by atoms with E-state index in [1.165, 1.54) is 24.3 Å². The Hall–Kier alpha value is -3.26. The molecule has 0 amide bonds. The summed E-state index contributed by atoms with van der Waals surface area (Å²) in [5.41, 5.74) is 3.66. The molecule has 0 aromatic heterocycles. The predicted octanol–water partition coefficient (Wildman–Crippen LogP) is 5.70. The lowest BCUT2D eigenvalue weighted by atomic mass is 9.67. The number of aryl methyl sites for hydroxylation is 1. The van der Waals surface area contributed by atoms with Gasteiger partial charge in [-0.05, 0) is 74.3 Å². The van der Waals surface area contributed by atoms with Crippen LogP contribution in [0.1, 0.15) is 49.7 Å². The van der Waals surface area contributed by atoms with Crippen molar-refractivity contribution in [2.75, 3.05) is 52.5 Å². The van der Waals surface area contributed by atoms with Gasteiger partial charge in [-0.1, -0.05) is 42.5 Å². The van der Waals surface area contributed by atoms with E-state index in [-0.39, 0.29) is 11.6 Å². The molecule has 0 radical (unpaired) electrons. The third-order valence-corrected chi connectivity index (χ3v) is 8.73. The molecule has 0 spiro atoms. The lowest BCUT2D eigenvalue weighted by molar-refractivity contribution is 0.0331. The number of ether oxygens (including phenoxy) is 1. The number of halogens is 2. The second-order valence-corrected chi connectivity index (χ2v) is 11.3. The summed E-state index contributed by atoms with van der Waals surface area (Å²) in [6, 6.07) is 17.6. The molecular formula is C34H38F2N2O3. The molecule has 3 aromatic rings. The molecule has 7 heteroatoms. The Kier molecular flexibility index (Phi) is 9.38. The van der Waals surface area contributed by atoms with Crippen LogP contribution in [0.15, 0.2) is 66.7 Å². The van der Waals surface area contributed by atoms with Crippen molar-refractivity contribution in [1.82, 2.24) is 9.80 Å². The van der Waals surface area contributed by atoms with Crippen molar-refractivity contribution in [2.45, 2.75) is 26.2 Å². The summed E-state index contributed by atoms with van der Waals surface area (Å²) in [6.45, 7) is 9.85. The van der Waals surface area contributed by atoms with Gasteiger partial charge in [0.15, 0.2) is 11.6 Å². The predicted molar refractivity (Wildman–Crippen MR) is 155 cm³/mol. The maximum absolute atomic E-state index is 14.3. The van der Waals surface area contributed by atoms with Crippen LogP contribution in [0.3, 0.4) is 0 Å². The van der Waals surface area contributed by atoms with Gasteiger partial charge in [-0.25, -0.2) is 8.78 Å². The molecule has 2 aliphatic rings. The van der Waals surface area contributed by atoms with Crippen LogP contribution in [0, 0.1) is 37.3 Å². The van der Waals surface area contributed by atoms with E-state index >= 15 is 0 Å². The minimum absolute atomic E-state index is 0.176. The van der Waals surface area contributed by atoms with E-state index in [4.69, 9.17) is 4.74 Å². The lowest BCUT2D eigenvalue weighted by Crippen LogP contribution is -2.51. The second-order valence-electron chi connectivity index (χ2n) is 11.3. The van der Waals surface area contributed by atoms with Gasteiger partial charge in [-0.2, -0.15) is 0 Å². The van der Waals surface area contributed by atoms with Crippen LogP contribution in [0.4, 0.5) is 8.78 Å². The summed E-state index contributed by atoms with van der Waals surface area (Å²) in [4.78, 5) is 32.9. The fraction of sp³-hybridized carbons (Fsp3) is 0.412. The van der Waals surface area contributed by atoms with Gasteiger partial charge in [0.25, 0.3) is 0 Å². The number of hydrogen-bond donors (Lipinski definition) is 0. The molecule has 2 unspecified atom stereocenters. The van der Waals surface area contributed by atoms with Crippen LogP contribution in [0.5, 0.6) is 0 Å². The molecule has 2 atom stereocenters. The summed E-state index contributed by atoms with van der Waals surface area (Å²) in [6.07, 6.45) is 0.885. The molecule has 41 heavy (non-hydrogen) atoms. The standard InChI is InChI=1S/C34H38F2N2O3/c1-23-7-3-12-29(24(23)2)32-30(33(39)25-8-4-10-27(35)19-25)21-38(14-6-13-37-15-17-41-18-16-37)22-31(32)34(40)26-9-5-11-28(36)20-26/h3-5,7-12,19-20,30-32H,6,13-18,21-22H2,1-2H3. The first-order chi connectivity index (χ1) is 19.8. The third kappa shape index (κ3) is 6.80. The maximum atomic E-state index is 14.3. The SMILES string of the molecule is Cc1cccc(C2C(C(=O)c3cccc(F)c3)CN(CCCN3CCOCC3)CC2C(=O)c2cccc(F)c2)c1C. The number of hydrogen-bond acceptors (Lipinski definition) is 5. The number of morpholine rings is 1. The van der Waals surface area contributed by atoms with Crippen LogP contribution in [-0.2, 0) is 4.74 Å². The number of benzene rings is 3. The Morgan fingerprint density at radius 3 is 1.88 bits per heavy atom. The highest BCUT2D eigenvalue weighted by molar-refractivity contribution is 6.02. The second kappa shape index (κ2) is 13.1. The lowest BCUT2D eigenvalue weighted by Gasteiger charge is -2.44. The van der Waals surface area contributed by atoms with Gasteiger partial charge < -0.3 is 9.64 Å². The van der Waals surface area contributed by atoms with Gasteiger partial charge in [0.1, 0.15) is 11.6 Å². The largest absolute Gasteiger partial charge is 0.379 e. The summed E-state index contributed by atoms with van der Waals surface area (Å²) < 4.78 is 34.0. The van der Waals surface area contributed by atoms with Gasteiger partial charge in [0, 0.05) is 55.1 Å². The Morgan fingerprint density at radius 2 is 1.32 bits per heavy atom. The molecular weight excluding hydrogens is 522 g/mol. The van der Waals surface area contributed by atoms with Crippen molar-refractivity contribution in [3.05, 3.63) is 106 Å². The summed E-state index contributed by atoms with van der Waals surface area (Å²) >= 11 is 0. The van der Waals surface area contributed by atoms with E-state index in [2.05, 4.69) is 9.80 Å². The zero-order valence-electron chi connectivity index (χ0n) is 23.8. The molecule has 216 valence electrons. The van der Waals surface area contributed by atoms with E-state index in [0.29, 0.717) is 24.2 Å². The maximum Gasteiger partial charge on any atom is 0.167 e. The van der Waals surface area contributed by atoms with E-state index in [9.17, 15) is 18.4 Å². The number of carbonyl (C=O) groups is 2. The number of rotatable bonds is 9. The molecule has 2 saturated heterocycles. The smallest absolute Gasteiger partial charge is 0.167 e. The molecule has 0 saturated carbocycles. The highest BCUT2D eigenvalue weighted by Crippen LogP contribution is 2.42. The highest BCUT2D eigenvalue weighted by atomic mass is 19.1. The molecule has 2 heterocycles. The summed E-state index contributed by atoms with van der Waals surface area (Å²) in [7, 11) is 0. The Bertz CT molecular complexity index is 1320. The monoisotopic (exact) mass is 560 g/mol. The average Bonchev–Trinajstić information content (AvgIpc) is 2.98. The van der Waals surface area contributed by atoms with Crippen LogP contribution in [0.25, 0.3) is 0 Å². The third-order valence-electron chi connectivity index (χ3n) is 8.73. The Balaban J connectivity index is 1.53. The average molecular weight is 561 g/mol. The molecule has 5 nitrogen and oxygen atoms in total. The fourth-order valence-corrected chi connectivity index (χ4v) is 6.44. The van der Waals surface area contributed by atoms with Crippen molar-refractivity contribution in [1.29, 1.82) is 0 Å². The van der Waals surface area contributed by atoms with Gasteiger partial charge in [-0.15, -0.1) is 0 Å². The van der Waals surface area contributed by atoms with Gasteiger partial charge in [0.2, 0.25) is 0 Å². The molecule has 0 aliphatic carbocycles. The number of ketones is 2. The fourth-order valence-electron chi connectivity index (χ4n) is 6.44.